The summed E-state index contributed by atoms with van der Waals surface area (Å²) in [6, 6.07) is 7.48. The zero-order valence-corrected chi connectivity index (χ0v) is 13.8. The van der Waals surface area contributed by atoms with Crippen LogP contribution < -0.4 is 10.2 Å². The van der Waals surface area contributed by atoms with Crippen LogP contribution in [0.2, 0.25) is 0 Å². The van der Waals surface area contributed by atoms with Crippen LogP contribution in [0.25, 0.3) is 0 Å². The van der Waals surface area contributed by atoms with Gasteiger partial charge in [0.15, 0.2) is 0 Å². The van der Waals surface area contributed by atoms with Gasteiger partial charge in [0.1, 0.15) is 0 Å². The van der Waals surface area contributed by atoms with Crippen LogP contribution in [-0.4, -0.2) is 19.1 Å². The fraction of sp³-hybridized carbons (Fsp3) is 0.667. The Labute approximate surface area is 124 Å². The summed E-state index contributed by atoms with van der Waals surface area (Å²) in [6.45, 7) is 14.7. The van der Waals surface area contributed by atoms with E-state index in [9.17, 15) is 0 Å². The van der Waals surface area contributed by atoms with Crippen LogP contribution in [0.4, 0.5) is 5.69 Å². The van der Waals surface area contributed by atoms with Crippen molar-refractivity contribution in [2.24, 2.45) is 5.41 Å². The molecular weight excluding hydrogens is 244 g/mol. The monoisotopic (exact) mass is 274 g/mol. The SMILES string of the molecule is Cc1cc(N2CCC(C)(C)CC2)ccc1CNC(C)C. The van der Waals surface area contributed by atoms with E-state index in [-0.39, 0.29) is 0 Å². The average Bonchev–Trinajstić information content (AvgIpc) is 2.37. The van der Waals surface area contributed by atoms with Crippen LogP contribution in [-0.2, 0) is 6.54 Å². The molecular formula is C18H30N2. The van der Waals surface area contributed by atoms with Gasteiger partial charge in [0.05, 0.1) is 0 Å². The van der Waals surface area contributed by atoms with Crippen LogP contribution >= 0.6 is 0 Å². The maximum absolute atomic E-state index is 3.50. The molecule has 0 radical (unpaired) electrons. The fourth-order valence-electron chi connectivity index (χ4n) is 2.76. The lowest BCUT2D eigenvalue weighted by Gasteiger charge is -2.38. The molecule has 0 aliphatic carbocycles. The normalized spacial score (nSPS) is 18.6. The third kappa shape index (κ3) is 3.99. The third-order valence-electron chi connectivity index (χ3n) is 4.51. The van der Waals surface area contributed by atoms with Crippen LogP contribution in [0, 0.1) is 12.3 Å². The number of hydrogen-bond acceptors (Lipinski definition) is 2. The molecule has 0 bridgehead atoms. The topological polar surface area (TPSA) is 15.3 Å². The summed E-state index contributed by atoms with van der Waals surface area (Å²) in [6.07, 6.45) is 2.59. The molecule has 0 amide bonds. The summed E-state index contributed by atoms with van der Waals surface area (Å²) in [4.78, 5) is 2.54. The van der Waals surface area contributed by atoms with E-state index in [4.69, 9.17) is 0 Å². The van der Waals surface area contributed by atoms with Crippen molar-refractivity contribution in [3.63, 3.8) is 0 Å². The van der Waals surface area contributed by atoms with E-state index in [1.165, 1.54) is 42.7 Å². The fourth-order valence-corrected chi connectivity index (χ4v) is 2.76. The summed E-state index contributed by atoms with van der Waals surface area (Å²) in [5.74, 6) is 0. The predicted octanol–water partition coefficient (Wildman–Crippen LogP) is 4.12. The molecule has 0 saturated carbocycles. The van der Waals surface area contributed by atoms with Crippen molar-refractivity contribution in [1.82, 2.24) is 5.32 Å². The maximum Gasteiger partial charge on any atom is 0.0369 e. The van der Waals surface area contributed by atoms with Crippen molar-refractivity contribution in [2.45, 2.75) is 60.0 Å². The van der Waals surface area contributed by atoms with Gasteiger partial charge in [0.2, 0.25) is 0 Å². The molecule has 1 heterocycles. The summed E-state index contributed by atoms with van der Waals surface area (Å²) >= 11 is 0. The molecule has 112 valence electrons. The highest BCUT2D eigenvalue weighted by Gasteiger charge is 2.25. The van der Waals surface area contributed by atoms with Crippen LogP contribution in [0.1, 0.15) is 51.7 Å². The second-order valence-electron chi connectivity index (χ2n) is 7.30. The van der Waals surface area contributed by atoms with Gasteiger partial charge in [-0.15, -0.1) is 0 Å². The van der Waals surface area contributed by atoms with Gasteiger partial charge in [-0.05, 0) is 48.4 Å². The van der Waals surface area contributed by atoms with Crippen molar-refractivity contribution >= 4 is 5.69 Å². The molecule has 1 fully saturated rings. The number of hydrogen-bond donors (Lipinski definition) is 1. The Kier molecular flexibility index (Phi) is 4.74. The molecule has 0 aromatic heterocycles. The number of nitrogens with zero attached hydrogens (tertiary/aromatic N) is 1. The van der Waals surface area contributed by atoms with Crippen molar-refractivity contribution in [2.75, 3.05) is 18.0 Å². The molecule has 1 aromatic carbocycles. The lowest BCUT2D eigenvalue weighted by atomic mass is 9.82. The predicted molar refractivity (Wildman–Crippen MR) is 88.4 cm³/mol. The minimum absolute atomic E-state index is 0.521. The van der Waals surface area contributed by atoms with E-state index >= 15 is 0 Å². The molecule has 1 saturated heterocycles. The molecule has 20 heavy (non-hydrogen) atoms. The van der Waals surface area contributed by atoms with E-state index in [0.29, 0.717) is 11.5 Å². The molecule has 1 aromatic rings. The van der Waals surface area contributed by atoms with E-state index in [1.54, 1.807) is 0 Å². The van der Waals surface area contributed by atoms with Crippen molar-refractivity contribution in [3.8, 4) is 0 Å². The number of nitrogens with one attached hydrogen (secondary N) is 1. The Morgan fingerprint density at radius 3 is 2.40 bits per heavy atom. The second kappa shape index (κ2) is 6.17. The van der Waals surface area contributed by atoms with E-state index in [1.807, 2.05) is 0 Å². The number of anilines is 1. The van der Waals surface area contributed by atoms with E-state index in [0.717, 1.165) is 6.54 Å². The molecule has 1 aliphatic heterocycles. The number of piperidine rings is 1. The molecule has 2 rings (SSSR count). The van der Waals surface area contributed by atoms with Crippen LogP contribution in [0.15, 0.2) is 18.2 Å². The zero-order chi connectivity index (χ0) is 14.8. The first-order chi connectivity index (χ1) is 9.37. The second-order valence-corrected chi connectivity index (χ2v) is 7.30. The van der Waals surface area contributed by atoms with Gasteiger partial charge in [-0.2, -0.15) is 0 Å². The molecule has 0 spiro atoms. The summed E-state index contributed by atoms with van der Waals surface area (Å²) in [7, 11) is 0. The summed E-state index contributed by atoms with van der Waals surface area (Å²) in [5.41, 5.74) is 4.73. The number of rotatable bonds is 4. The summed E-state index contributed by atoms with van der Waals surface area (Å²) < 4.78 is 0. The Bertz CT molecular complexity index is 439. The maximum atomic E-state index is 3.50. The Balaban J connectivity index is 2.02. The first-order valence-corrected chi connectivity index (χ1v) is 7.95. The highest BCUT2D eigenvalue weighted by molar-refractivity contribution is 5.51. The lowest BCUT2D eigenvalue weighted by molar-refractivity contribution is 0.280. The Morgan fingerprint density at radius 2 is 1.85 bits per heavy atom. The highest BCUT2D eigenvalue weighted by atomic mass is 15.1. The van der Waals surface area contributed by atoms with Crippen molar-refractivity contribution in [1.29, 1.82) is 0 Å². The quantitative estimate of drug-likeness (QED) is 0.888. The van der Waals surface area contributed by atoms with Gasteiger partial charge in [0.25, 0.3) is 0 Å². The van der Waals surface area contributed by atoms with Crippen LogP contribution in [0.3, 0.4) is 0 Å². The molecule has 1 aliphatic rings. The Hall–Kier alpha value is -1.02. The largest absolute Gasteiger partial charge is 0.371 e. The van der Waals surface area contributed by atoms with Gasteiger partial charge >= 0.3 is 0 Å². The minimum Gasteiger partial charge on any atom is -0.371 e. The smallest absolute Gasteiger partial charge is 0.0369 e. The third-order valence-corrected chi connectivity index (χ3v) is 4.51. The molecule has 0 unspecified atom stereocenters. The van der Waals surface area contributed by atoms with Gasteiger partial charge in [-0.1, -0.05) is 33.8 Å². The standard InChI is InChI=1S/C18H30N2/c1-14(2)19-13-16-6-7-17(12-15(16)3)20-10-8-18(4,5)9-11-20/h6-7,12,14,19H,8-11,13H2,1-5H3. The average molecular weight is 274 g/mol. The van der Waals surface area contributed by atoms with Gasteiger partial charge in [-0.3, -0.25) is 0 Å². The van der Waals surface area contributed by atoms with E-state index in [2.05, 4.69) is 63.0 Å². The first-order valence-electron chi connectivity index (χ1n) is 7.95. The van der Waals surface area contributed by atoms with Crippen molar-refractivity contribution in [3.05, 3.63) is 29.3 Å². The van der Waals surface area contributed by atoms with Gasteiger partial charge in [0, 0.05) is 31.4 Å². The molecule has 2 heteroatoms. The molecule has 0 atom stereocenters. The van der Waals surface area contributed by atoms with Gasteiger partial charge in [-0.25, -0.2) is 0 Å². The first kappa shape index (κ1) is 15.4. The lowest BCUT2D eigenvalue weighted by Crippen LogP contribution is -2.37. The van der Waals surface area contributed by atoms with Gasteiger partial charge < -0.3 is 10.2 Å². The van der Waals surface area contributed by atoms with Crippen molar-refractivity contribution < 1.29 is 0 Å². The van der Waals surface area contributed by atoms with E-state index < -0.39 is 0 Å². The summed E-state index contributed by atoms with van der Waals surface area (Å²) in [5, 5.41) is 3.50. The minimum atomic E-state index is 0.521. The zero-order valence-electron chi connectivity index (χ0n) is 13.8. The number of aryl methyl sites for hydroxylation is 1. The van der Waals surface area contributed by atoms with Crippen LogP contribution in [0.5, 0.6) is 0 Å². The Morgan fingerprint density at radius 1 is 1.20 bits per heavy atom. The molecule has 2 nitrogen and oxygen atoms in total. The molecule has 1 N–H and O–H groups in total. The highest BCUT2D eigenvalue weighted by Crippen LogP contribution is 2.32. The number of benzene rings is 1.